The standard InChI is InChI=1S/C25H27N3O6/c1-3-4-14-33-19-12-10-18(11-13-19)24(31)34-16-20(29)21-22(26)28(25(32)27(2)23(21)30)15-17-8-6-5-7-9-17/h5-13H,3-4,14-16,26H2,1-2H3. The molecule has 0 aliphatic rings. The first-order valence-electron chi connectivity index (χ1n) is 10.9. The molecule has 3 aromatic rings. The summed E-state index contributed by atoms with van der Waals surface area (Å²) in [7, 11) is 1.26. The number of carbonyl (C=O) groups excluding carboxylic acids is 2. The normalized spacial score (nSPS) is 10.6. The number of unbranched alkanes of at least 4 members (excludes halogenated alkanes) is 1. The number of ketones is 1. The van der Waals surface area contributed by atoms with Gasteiger partial charge in [-0.05, 0) is 36.2 Å². The molecule has 0 unspecified atom stereocenters. The molecule has 0 atom stereocenters. The number of Topliss-reactive ketones (excluding diaryl/α,β-unsaturated/α-hetero) is 1. The van der Waals surface area contributed by atoms with Crippen molar-refractivity contribution in [1.82, 2.24) is 9.13 Å². The van der Waals surface area contributed by atoms with E-state index in [1.165, 1.54) is 19.2 Å². The lowest BCUT2D eigenvalue weighted by Crippen LogP contribution is -2.43. The van der Waals surface area contributed by atoms with Gasteiger partial charge in [0.15, 0.2) is 6.61 Å². The first-order chi connectivity index (χ1) is 16.3. The molecular weight excluding hydrogens is 438 g/mol. The number of aromatic nitrogens is 2. The van der Waals surface area contributed by atoms with E-state index < -0.39 is 35.2 Å². The maximum Gasteiger partial charge on any atom is 0.338 e. The van der Waals surface area contributed by atoms with Crippen LogP contribution in [0.4, 0.5) is 5.82 Å². The third-order valence-electron chi connectivity index (χ3n) is 5.24. The van der Waals surface area contributed by atoms with E-state index in [1.807, 2.05) is 6.07 Å². The number of nitrogens with two attached hydrogens (primary N) is 1. The molecule has 34 heavy (non-hydrogen) atoms. The Morgan fingerprint density at radius 2 is 1.68 bits per heavy atom. The van der Waals surface area contributed by atoms with Crippen LogP contribution in [0.5, 0.6) is 5.75 Å². The Morgan fingerprint density at radius 1 is 1.00 bits per heavy atom. The molecule has 1 heterocycles. The predicted molar refractivity (Wildman–Crippen MR) is 127 cm³/mol. The number of carbonyl (C=O) groups is 2. The maximum absolute atomic E-state index is 12.8. The van der Waals surface area contributed by atoms with Crippen molar-refractivity contribution in [3.05, 3.63) is 92.1 Å². The highest BCUT2D eigenvalue weighted by atomic mass is 16.5. The van der Waals surface area contributed by atoms with E-state index in [4.69, 9.17) is 15.2 Å². The number of ether oxygens (including phenoxy) is 2. The molecule has 0 bridgehead atoms. The number of esters is 1. The number of hydrogen-bond acceptors (Lipinski definition) is 7. The first kappa shape index (κ1) is 24.5. The summed E-state index contributed by atoms with van der Waals surface area (Å²) in [6.07, 6.45) is 1.93. The highest BCUT2D eigenvalue weighted by Crippen LogP contribution is 2.14. The SMILES string of the molecule is CCCCOc1ccc(C(=O)OCC(=O)c2c(N)n(Cc3ccccc3)c(=O)n(C)c2=O)cc1. The summed E-state index contributed by atoms with van der Waals surface area (Å²) in [5.74, 6) is -1.18. The van der Waals surface area contributed by atoms with Crippen molar-refractivity contribution in [3.8, 4) is 5.75 Å². The summed E-state index contributed by atoms with van der Waals surface area (Å²) in [5.41, 5.74) is 5.16. The van der Waals surface area contributed by atoms with E-state index in [9.17, 15) is 19.2 Å². The number of benzene rings is 2. The van der Waals surface area contributed by atoms with Gasteiger partial charge in [0.25, 0.3) is 5.56 Å². The highest BCUT2D eigenvalue weighted by molar-refractivity contribution is 6.02. The fourth-order valence-electron chi connectivity index (χ4n) is 3.27. The van der Waals surface area contributed by atoms with Gasteiger partial charge in [-0.15, -0.1) is 0 Å². The molecule has 0 aliphatic heterocycles. The molecule has 0 fully saturated rings. The molecule has 9 heteroatoms. The van der Waals surface area contributed by atoms with Crippen LogP contribution in [0, 0.1) is 0 Å². The van der Waals surface area contributed by atoms with Crippen LogP contribution in [-0.2, 0) is 18.3 Å². The van der Waals surface area contributed by atoms with Crippen LogP contribution in [0.3, 0.4) is 0 Å². The summed E-state index contributed by atoms with van der Waals surface area (Å²) >= 11 is 0. The van der Waals surface area contributed by atoms with Gasteiger partial charge in [-0.25, -0.2) is 9.59 Å². The molecule has 0 spiro atoms. The van der Waals surface area contributed by atoms with Gasteiger partial charge < -0.3 is 15.2 Å². The van der Waals surface area contributed by atoms with Crippen molar-refractivity contribution < 1.29 is 19.1 Å². The average molecular weight is 466 g/mol. The molecule has 0 radical (unpaired) electrons. The summed E-state index contributed by atoms with van der Waals surface area (Å²) in [6, 6.07) is 15.3. The smallest absolute Gasteiger partial charge is 0.338 e. The van der Waals surface area contributed by atoms with E-state index in [0.29, 0.717) is 12.4 Å². The first-order valence-corrected chi connectivity index (χ1v) is 10.9. The third kappa shape index (κ3) is 5.61. The minimum Gasteiger partial charge on any atom is -0.494 e. The molecular formula is C25H27N3O6. The van der Waals surface area contributed by atoms with Crippen molar-refractivity contribution in [2.45, 2.75) is 26.3 Å². The minimum absolute atomic E-state index is 0.0758. The third-order valence-corrected chi connectivity index (χ3v) is 5.24. The van der Waals surface area contributed by atoms with Crippen LogP contribution in [0.1, 0.15) is 46.0 Å². The molecule has 9 nitrogen and oxygen atoms in total. The summed E-state index contributed by atoms with van der Waals surface area (Å²) in [5, 5.41) is 0. The van der Waals surface area contributed by atoms with E-state index >= 15 is 0 Å². The molecule has 0 saturated heterocycles. The fraction of sp³-hybridized carbons (Fsp3) is 0.280. The second-order valence-electron chi connectivity index (χ2n) is 7.70. The summed E-state index contributed by atoms with van der Waals surface area (Å²) < 4.78 is 12.6. The van der Waals surface area contributed by atoms with Crippen molar-refractivity contribution in [3.63, 3.8) is 0 Å². The zero-order valence-corrected chi connectivity index (χ0v) is 19.2. The van der Waals surface area contributed by atoms with Gasteiger partial charge in [-0.2, -0.15) is 0 Å². The molecule has 2 aromatic carbocycles. The van der Waals surface area contributed by atoms with E-state index in [0.717, 1.165) is 27.5 Å². The highest BCUT2D eigenvalue weighted by Gasteiger charge is 2.23. The monoisotopic (exact) mass is 465 g/mol. The molecule has 0 aliphatic carbocycles. The van der Waals surface area contributed by atoms with Crippen molar-refractivity contribution in [2.24, 2.45) is 7.05 Å². The molecule has 1 aromatic heterocycles. The summed E-state index contributed by atoms with van der Waals surface area (Å²) in [4.78, 5) is 50.4. The second kappa shape index (κ2) is 11.1. The van der Waals surface area contributed by atoms with Crippen LogP contribution < -0.4 is 21.7 Å². The van der Waals surface area contributed by atoms with Crippen LogP contribution in [0.15, 0.2) is 64.2 Å². The Kier molecular flexibility index (Phi) is 8.02. The number of nitrogens with zero attached hydrogens (tertiary/aromatic N) is 2. The van der Waals surface area contributed by atoms with Gasteiger partial charge in [0.05, 0.1) is 18.7 Å². The molecule has 2 N–H and O–H groups in total. The number of hydrogen-bond donors (Lipinski definition) is 1. The lowest BCUT2D eigenvalue weighted by Gasteiger charge is -2.14. The van der Waals surface area contributed by atoms with Crippen LogP contribution >= 0.6 is 0 Å². The Morgan fingerprint density at radius 3 is 2.32 bits per heavy atom. The Labute approximate surface area is 196 Å². The zero-order valence-electron chi connectivity index (χ0n) is 19.2. The molecule has 178 valence electrons. The Balaban J connectivity index is 1.75. The fourth-order valence-corrected chi connectivity index (χ4v) is 3.27. The Hall–Kier alpha value is -4.14. The van der Waals surface area contributed by atoms with E-state index in [-0.39, 0.29) is 17.9 Å². The second-order valence-corrected chi connectivity index (χ2v) is 7.70. The molecule has 0 saturated carbocycles. The van der Waals surface area contributed by atoms with Gasteiger partial charge in [0.1, 0.15) is 17.1 Å². The number of anilines is 1. The number of nitrogen functional groups attached to an aromatic ring is 1. The largest absolute Gasteiger partial charge is 0.494 e. The van der Waals surface area contributed by atoms with Gasteiger partial charge in [0, 0.05) is 7.05 Å². The average Bonchev–Trinajstić information content (AvgIpc) is 2.85. The lowest BCUT2D eigenvalue weighted by molar-refractivity contribution is 0.0474. The number of rotatable bonds is 10. The topological polar surface area (TPSA) is 123 Å². The summed E-state index contributed by atoms with van der Waals surface area (Å²) in [6.45, 7) is 2.02. The van der Waals surface area contributed by atoms with Gasteiger partial charge in [-0.3, -0.25) is 18.7 Å². The van der Waals surface area contributed by atoms with E-state index in [2.05, 4.69) is 6.92 Å². The van der Waals surface area contributed by atoms with Crippen LogP contribution in [0.2, 0.25) is 0 Å². The van der Waals surface area contributed by atoms with Crippen LogP contribution in [-0.4, -0.2) is 34.1 Å². The minimum atomic E-state index is -0.846. The quantitative estimate of drug-likeness (QED) is 0.277. The van der Waals surface area contributed by atoms with Crippen molar-refractivity contribution in [2.75, 3.05) is 18.9 Å². The lowest BCUT2D eigenvalue weighted by atomic mass is 10.1. The maximum atomic E-state index is 12.8. The van der Waals surface area contributed by atoms with Gasteiger partial charge in [0.2, 0.25) is 5.78 Å². The van der Waals surface area contributed by atoms with Crippen LogP contribution in [0.25, 0.3) is 0 Å². The van der Waals surface area contributed by atoms with Crippen molar-refractivity contribution >= 4 is 17.6 Å². The van der Waals surface area contributed by atoms with Crippen molar-refractivity contribution in [1.29, 1.82) is 0 Å². The molecule has 0 amide bonds. The Bertz CT molecular complexity index is 1280. The van der Waals surface area contributed by atoms with Gasteiger partial charge >= 0.3 is 11.7 Å². The van der Waals surface area contributed by atoms with E-state index in [1.54, 1.807) is 36.4 Å². The zero-order chi connectivity index (χ0) is 24.7. The predicted octanol–water partition coefficient (Wildman–Crippen LogP) is 2.40. The molecule has 3 rings (SSSR count). The van der Waals surface area contributed by atoms with Gasteiger partial charge in [-0.1, -0.05) is 43.7 Å².